The molecule has 0 spiro atoms. The van der Waals surface area contributed by atoms with Crippen LogP contribution in [0.3, 0.4) is 0 Å². The topological polar surface area (TPSA) is 59.4 Å². The van der Waals surface area contributed by atoms with Crippen molar-refractivity contribution in [2.24, 2.45) is 0 Å². The molecule has 4 nitrogen and oxygen atoms in total. The van der Waals surface area contributed by atoms with Crippen molar-refractivity contribution in [3.05, 3.63) is 24.5 Å². The van der Waals surface area contributed by atoms with Crippen molar-refractivity contribution < 1.29 is 32.9 Å². The molecule has 0 fully saturated rings. The van der Waals surface area contributed by atoms with Gasteiger partial charge < -0.3 is 4.74 Å². The molecule has 1 N–H and O–H groups in total. The number of carboxylic acid groups (broad SMARTS) is 1. The first-order chi connectivity index (χ1) is 6.66. The van der Waals surface area contributed by atoms with Gasteiger partial charge in [-0.2, -0.15) is 0 Å². The molecule has 0 saturated heterocycles. The molecule has 0 saturated carbocycles. The van der Waals surface area contributed by atoms with E-state index in [-0.39, 0.29) is 0 Å². The Bertz CT molecular complexity index is 249. The van der Waals surface area contributed by atoms with Crippen LogP contribution < -0.4 is 4.74 Å². The van der Waals surface area contributed by atoms with Crippen molar-refractivity contribution in [3.63, 3.8) is 0 Å². The third-order valence-electron chi connectivity index (χ3n) is 1.12. The first-order valence-corrected chi connectivity index (χ1v) is 5.73. The zero-order valence-electron chi connectivity index (χ0n) is 8.14. The number of hydrogen-bond donors (Lipinski definition) is 1. The van der Waals surface area contributed by atoms with Gasteiger partial charge in [0.2, 0.25) is 0 Å². The minimum absolute atomic E-state index is 0.347. The Kier molecular flexibility index (Phi) is 8.04. The second-order valence-electron chi connectivity index (χ2n) is 2.43. The van der Waals surface area contributed by atoms with Crippen LogP contribution in [0.1, 0.15) is 13.3 Å². The molecule has 0 radical (unpaired) electrons. The summed E-state index contributed by atoms with van der Waals surface area (Å²) in [6, 6.07) is 3.71. The van der Waals surface area contributed by atoms with Gasteiger partial charge in [-0.3, -0.25) is 4.98 Å². The van der Waals surface area contributed by atoms with E-state index in [0.29, 0.717) is 18.3 Å². The monoisotopic (exact) mass is 246 g/mol. The molecule has 0 aliphatic heterocycles. The fourth-order valence-electron chi connectivity index (χ4n) is 0.654. The van der Waals surface area contributed by atoms with E-state index >= 15 is 0 Å². The summed E-state index contributed by atoms with van der Waals surface area (Å²) in [6.45, 7) is 2.87. The van der Waals surface area contributed by atoms with Crippen LogP contribution in [0.25, 0.3) is 0 Å². The zero-order valence-corrected chi connectivity index (χ0v) is 11.1. The van der Waals surface area contributed by atoms with Gasteiger partial charge in [0.15, 0.2) is 0 Å². The molecule has 5 heteroatoms. The van der Waals surface area contributed by atoms with Crippen molar-refractivity contribution in [2.75, 3.05) is 6.61 Å². The standard InChI is InChI=1S/C8H11NO.CHO2.Zn/c1-2-7-10-8-3-5-9-6-4-8;2-1-3;/h3-6H,2,7H2,1H3;(H,2,3);. The van der Waals surface area contributed by atoms with Crippen LogP contribution in [0.5, 0.6) is 5.75 Å². The van der Waals surface area contributed by atoms with E-state index in [1.165, 1.54) is 0 Å². The Morgan fingerprint density at radius 1 is 1.57 bits per heavy atom. The second kappa shape index (κ2) is 8.63. The Balaban J connectivity index is 0.000000364. The van der Waals surface area contributed by atoms with Gasteiger partial charge in [-0.25, -0.2) is 0 Å². The van der Waals surface area contributed by atoms with Crippen LogP contribution >= 0.6 is 0 Å². The SMILES string of the molecule is CCCOc1ccncc1.O=[C](O)[Zn]. The number of carbonyl (C=O) groups is 1. The molecule has 0 atom stereocenters. The summed E-state index contributed by atoms with van der Waals surface area (Å²) in [5.74, 6) is 0.900. The summed E-state index contributed by atoms with van der Waals surface area (Å²) in [7, 11) is 0. The molecular weight excluding hydrogens is 235 g/mol. The Morgan fingerprint density at radius 2 is 2.07 bits per heavy atom. The third-order valence-corrected chi connectivity index (χ3v) is 1.12. The molecule has 1 rings (SSSR count). The van der Waals surface area contributed by atoms with E-state index in [4.69, 9.17) is 14.6 Å². The van der Waals surface area contributed by atoms with Crippen LogP contribution in [-0.4, -0.2) is 21.3 Å². The number of ether oxygens (including phenoxy) is 1. The van der Waals surface area contributed by atoms with E-state index in [1.807, 2.05) is 12.1 Å². The number of pyridine rings is 1. The number of hydrogen-bond acceptors (Lipinski definition) is 3. The normalized spacial score (nSPS) is 8.50. The van der Waals surface area contributed by atoms with E-state index < -0.39 is 4.56 Å². The summed E-state index contributed by atoms with van der Waals surface area (Å²) < 4.78 is 4.61. The predicted octanol–water partition coefficient (Wildman–Crippen LogP) is 2.08. The average Bonchev–Trinajstić information content (AvgIpc) is 2.15. The van der Waals surface area contributed by atoms with E-state index in [9.17, 15) is 0 Å². The van der Waals surface area contributed by atoms with Crippen molar-refractivity contribution in [3.8, 4) is 5.75 Å². The van der Waals surface area contributed by atoms with Gasteiger partial charge in [0.1, 0.15) is 5.75 Å². The Labute approximate surface area is 93.0 Å². The van der Waals surface area contributed by atoms with Gasteiger partial charge in [0, 0.05) is 12.4 Å². The summed E-state index contributed by atoms with van der Waals surface area (Å²) >= 11 is 0.347. The maximum atomic E-state index is 9.06. The van der Waals surface area contributed by atoms with Crippen LogP contribution in [0.4, 0.5) is 4.79 Å². The number of rotatable bonds is 3. The second-order valence-corrected chi connectivity index (χ2v) is 3.69. The Hall–Kier alpha value is -0.957. The van der Waals surface area contributed by atoms with Crippen LogP contribution in [-0.2, 0) is 18.3 Å². The summed E-state index contributed by atoms with van der Waals surface area (Å²) in [5, 5.41) is 7.47. The predicted molar refractivity (Wildman–Crippen MR) is 48.0 cm³/mol. The quantitative estimate of drug-likeness (QED) is 0.831. The van der Waals surface area contributed by atoms with Gasteiger partial charge in [-0.1, -0.05) is 6.92 Å². The maximum absolute atomic E-state index is 9.06. The fourth-order valence-corrected chi connectivity index (χ4v) is 0.654. The van der Waals surface area contributed by atoms with E-state index in [0.717, 1.165) is 18.8 Å². The van der Waals surface area contributed by atoms with Gasteiger partial charge >= 0.3 is 32.8 Å². The Morgan fingerprint density at radius 3 is 2.50 bits per heavy atom. The minimum atomic E-state index is -0.708. The fraction of sp³-hybridized carbons (Fsp3) is 0.333. The average molecular weight is 248 g/mol. The molecule has 1 aromatic heterocycles. The number of aromatic nitrogens is 1. The van der Waals surface area contributed by atoms with Gasteiger partial charge in [0.25, 0.3) is 0 Å². The van der Waals surface area contributed by atoms with Gasteiger partial charge in [0.05, 0.1) is 6.61 Å². The molecule has 14 heavy (non-hydrogen) atoms. The zero-order chi connectivity index (χ0) is 10.8. The first kappa shape index (κ1) is 13.0. The molecule has 0 aliphatic rings. The molecule has 0 unspecified atom stereocenters. The molecule has 0 amide bonds. The van der Waals surface area contributed by atoms with E-state index in [2.05, 4.69) is 11.9 Å². The molecule has 0 aliphatic carbocycles. The third kappa shape index (κ3) is 9.13. The van der Waals surface area contributed by atoms with Crippen molar-refractivity contribution >= 4 is 4.56 Å². The molecule has 0 aromatic carbocycles. The number of nitrogens with zero attached hydrogens (tertiary/aromatic N) is 1. The van der Waals surface area contributed by atoms with Crippen molar-refractivity contribution in [1.82, 2.24) is 4.98 Å². The molecule has 0 bridgehead atoms. The molecule has 73 valence electrons. The molecule has 1 heterocycles. The van der Waals surface area contributed by atoms with Crippen molar-refractivity contribution in [2.45, 2.75) is 13.3 Å². The van der Waals surface area contributed by atoms with Gasteiger partial charge in [-0.05, 0) is 18.6 Å². The van der Waals surface area contributed by atoms with Crippen LogP contribution in [0, 0.1) is 0 Å². The molecule has 1 aromatic rings. The van der Waals surface area contributed by atoms with Crippen LogP contribution in [0.2, 0.25) is 0 Å². The van der Waals surface area contributed by atoms with Gasteiger partial charge in [-0.15, -0.1) is 0 Å². The first-order valence-electron chi connectivity index (χ1n) is 4.24. The summed E-state index contributed by atoms with van der Waals surface area (Å²) in [4.78, 5) is 12.9. The summed E-state index contributed by atoms with van der Waals surface area (Å²) in [6.07, 6.45) is 4.50. The van der Waals surface area contributed by atoms with E-state index in [1.54, 1.807) is 12.4 Å². The summed E-state index contributed by atoms with van der Waals surface area (Å²) in [5.41, 5.74) is 0. The van der Waals surface area contributed by atoms with Crippen molar-refractivity contribution in [1.29, 1.82) is 0 Å². The van der Waals surface area contributed by atoms with Crippen LogP contribution in [0.15, 0.2) is 24.5 Å². The molecular formula is C9H12NO3Zn.